The Balaban J connectivity index is 2.10. The van der Waals surface area contributed by atoms with E-state index in [0.717, 1.165) is 23.2 Å². The van der Waals surface area contributed by atoms with E-state index in [0.29, 0.717) is 5.41 Å². The van der Waals surface area contributed by atoms with Gasteiger partial charge in [0.15, 0.2) is 0 Å². The van der Waals surface area contributed by atoms with Gasteiger partial charge >= 0.3 is 0 Å². The Bertz CT molecular complexity index is 211. The van der Waals surface area contributed by atoms with E-state index in [9.17, 15) is 0 Å². The topological polar surface area (TPSA) is 0 Å². The van der Waals surface area contributed by atoms with Crippen molar-refractivity contribution in [2.75, 3.05) is 5.33 Å². The summed E-state index contributed by atoms with van der Waals surface area (Å²) in [5, 5.41) is 1.23. The molecule has 0 aromatic carbocycles. The molecule has 0 saturated heterocycles. The number of halogens is 1. The van der Waals surface area contributed by atoms with Gasteiger partial charge in [-0.25, -0.2) is 0 Å². The van der Waals surface area contributed by atoms with Gasteiger partial charge in [0.05, 0.1) is 0 Å². The molecule has 0 unspecified atom stereocenters. The lowest BCUT2D eigenvalue weighted by atomic mass is 9.76. The summed E-state index contributed by atoms with van der Waals surface area (Å²) in [6.45, 7) is 5.02. The van der Waals surface area contributed by atoms with Gasteiger partial charge in [-0.05, 0) is 41.4 Å². The van der Waals surface area contributed by atoms with E-state index < -0.39 is 0 Å². The first kappa shape index (κ1) is 6.94. The SMILES string of the molecule is CC12[C@@H]3CC(C[C@H]31)[C@]2(C)CBr. The Labute approximate surface area is 76.9 Å². The van der Waals surface area contributed by atoms with Crippen molar-refractivity contribution in [3.8, 4) is 0 Å². The number of rotatable bonds is 1. The normalized spacial score (nSPS) is 70.6. The summed E-state index contributed by atoms with van der Waals surface area (Å²) >= 11 is 3.70. The van der Waals surface area contributed by atoms with Crippen LogP contribution in [0.2, 0.25) is 0 Å². The maximum atomic E-state index is 3.70. The molecule has 1 heteroatoms. The van der Waals surface area contributed by atoms with Crippen molar-refractivity contribution < 1.29 is 0 Å². The second kappa shape index (κ2) is 1.57. The van der Waals surface area contributed by atoms with Crippen LogP contribution < -0.4 is 0 Å². The highest BCUT2D eigenvalue weighted by molar-refractivity contribution is 9.09. The van der Waals surface area contributed by atoms with Crippen LogP contribution in [-0.2, 0) is 0 Å². The van der Waals surface area contributed by atoms with Crippen LogP contribution in [0.1, 0.15) is 26.7 Å². The van der Waals surface area contributed by atoms with Gasteiger partial charge in [-0.1, -0.05) is 29.8 Å². The lowest BCUT2D eigenvalue weighted by Gasteiger charge is -2.31. The number of hydrogen-bond donors (Lipinski definition) is 0. The van der Waals surface area contributed by atoms with Gasteiger partial charge in [0, 0.05) is 5.33 Å². The van der Waals surface area contributed by atoms with Gasteiger partial charge in [0.2, 0.25) is 0 Å². The molecule has 0 amide bonds. The highest BCUT2D eigenvalue weighted by Gasteiger charge is 2.80. The van der Waals surface area contributed by atoms with Crippen LogP contribution in [-0.4, -0.2) is 5.33 Å². The summed E-state index contributed by atoms with van der Waals surface area (Å²) in [7, 11) is 0. The number of hydrogen-bond acceptors (Lipinski definition) is 0. The Hall–Kier alpha value is 0.480. The molecule has 0 nitrogen and oxygen atoms in total. The zero-order chi connectivity index (χ0) is 7.85. The fourth-order valence-electron chi connectivity index (χ4n) is 4.29. The molecule has 4 rings (SSSR count). The Morgan fingerprint density at radius 1 is 1.27 bits per heavy atom. The predicted octanol–water partition coefficient (Wildman–Crippen LogP) is 3.06. The van der Waals surface area contributed by atoms with E-state index >= 15 is 0 Å². The first-order valence-electron chi connectivity index (χ1n) is 4.70. The quantitative estimate of drug-likeness (QED) is 0.589. The molecule has 4 saturated carbocycles. The average molecular weight is 215 g/mol. The van der Waals surface area contributed by atoms with E-state index in [1.165, 1.54) is 5.33 Å². The van der Waals surface area contributed by atoms with Crippen LogP contribution in [0.3, 0.4) is 0 Å². The smallest absolute Gasteiger partial charge is 0.00934 e. The molecular weight excluding hydrogens is 200 g/mol. The van der Waals surface area contributed by atoms with Gasteiger partial charge in [-0.3, -0.25) is 0 Å². The average Bonchev–Trinajstić information content (AvgIpc) is 2.42. The molecule has 0 radical (unpaired) electrons. The lowest BCUT2D eigenvalue weighted by Crippen LogP contribution is -2.28. The molecule has 4 aliphatic carbocycles. The van der Waals surface area contributed by atoms with Crippen molar-refractivity contribution in [1.29, 1.82) is 0 Å². The van der Waals surface area contributed by atoms with Crippen molar-refractivity contribution in [2.24, 2.45) is 28.6 Å². The van der Waals surface area contributed by atoms with Gasteiger partial charge in [0.1, 0.15) is 0 Å². The third-order valence-corrected chi connectivity index (χ3v) is 6.57. The van der Waals surface area contributed by atoms with Gasteiger partial charge < -0.3 is 0 Å². The van der Waals surface area contributed by atoms with Gasteiger partial charge in [0.25, 0.3) is 0 Å². The minimum atomic E-state index is 0.655. The van der Waals surface area contributed by atoms with Crippen LogP contribution in [0.4, 0.5) is 0 Å². The minimum absolute atomic E-state index is 0.655. The zero-order valence-electron chi connectivity index (χ0n) is 7.23. The summed E-state index contributed by atoms with van der Waals surface area (Å²) in [5.41, 5.74) is 1.41. The highest BCUT2D eigenvalue weighted by Crippen LogP contribution is 2.86. The van der Waals surface area contributed by atoms with E-state index in [1.807, 2.05) is 0 Å². The van der Waals surface area contributed by atoms with Crippen molar-refractivity contribution in [3.63, 3.8) is 0 Å². The first-order chi connectivity index (χ1) is 5.14. The van der Waals surface area contributed by atoms with Gasteiger partial charge in [-0.15, -0.1) is 0 Å². The third kappa shape index (κ3) is 0.460. The molecular formula is C10H15Br. The second-order valence-electron chi connectivity index (χ2n) is 5.22. The zero-order valence-corrected chi connectivity index (χ0v) is 8.82. The highest BCUT2D eigenvalue weighted by atomic mass is 79.9. The van der Waals surface area contributed by atoms with Crippen LogP contribution in [0, 0.1) is 28.6 Å². The molecule has 0 aromatic rings. The van der Waals surface area contributed by atoms with Crippen LogP contribution in [0.5, 0.6) is 0 Å². The molecule has 0 heterocycles. The number of alkyl halides is 1. The van der Waals surface area contributed by atoms with Crippen molar-refractivity contribution in [1.82, 2.24) is 0 Å². The van der Waals surface area contributed by atoms with Crippen molar-refractivity contribution in [2.45, 2.75) is 26.7 Å². The third-order valence-electron chi connectivity index (χ3n) is 5.40. The molecule has 4 fully saturated rings. The van der Waals surface area contributed by atoms with E-state index in [-0.39, 0.29) is 0 Å². The molecule has 3 atom stereocenters. The van der Waals surface area contributed by atoms with E-state index in [4.69, 9.17) is 0 Å². The maximum absolute atomic E-state index is 3.70. The van der Waals surface area contributed by atoms with E-state index in [2.05, 4.69) is 29.8 Å². The Morgan fingerprint density at radius 2 is 1.82 bits per heavy atom. The predicted molar refractivity (Wildman–Crippen MR) is 49.7 cm³/mol. The summed E-state index contributed by atoms with van der Waals surface area (Å²) in [6, 6.07) is 0. The molecule has 4 aliphatic rings. The largest absolute Gasteiger partial charge is 0.0922 e. The molecule has 4 bridgehead atoms. The van der Waals surface area contributed by atoms with Crippen molar-refractivity contribution in [3.05, 3.63) is 0 Å². The summed E-state index contributed by atoms with van der Waals surface area (Å²) in [5.74, 6) is 3.30. The first-order valence-corrected chi connectivity index (χ1v) is 5.82. The van der Waals surface area contributed by atoms with Crippen molar-refractivity contribution >= 4 is 15.9 Å². The van der Waals surface area contributed by atoms with Crippen LogP contribution >= 0.6 is 15.9 Å². The molecule has 0 aliphatic heterocycles. The Morgan fingerprint density at radius 3 is 2.00 bits per heavy atom. The lowest BCUT2D eigenvalue weighted by molar-refractivity contribution is 0.209. The fourth-order valence-corrected chi connectivity index (χ4v) is 5.35. The van der Waals surface area contributed by atoms with Crippen LogP contribution in [0.15, 0.2) is 0 Å². The molecule has 62 valence electrons. The summed E-state index contributed by atoms with van der Waals surface area (Å²) in [6.07, 6.45) is 3.09. The molecule has 0 N–H and O–H groups in total. The van der Waals surface area contributed by atoms with Gasteiger partial charge in [-0.2, -0.15) is 0 Å². The Kier molecular flexibility index (Phi) is 0.991. The molecule has 11 heavy (non-hydrogen) atoms. The van der Waals surface area contributed by atoms with E-state index in [1.54, 1.807) is 12.8 Å². The van der Waals surface area contributed by atoms with Crippen LogP contribution in [0.25, 0.3) is 0 Å². The monoisotopic (exact) mass is 214 g/mol. The molecule has 0 aromatic heterocycles. The maximum Gasteiger partial charge on any atom is 0.00934 e. The summed E-state index contributed by atoms with van der Waals surface area (Å²) in [4.78, 5) is 0. The minimum Gasteiger partial charge on any atom is -0.0922 e. The molecule has 0 spiro atoms. The second-order valence-corrected chi connectivity index (χ2v) is 5.78. The summed E-state index contributed by atoms with van der Waals surface area (Å²) < 4.78 is 0. The fraction of sp³-hybridized carbons (Fsp3) is 1.00. The standard InChI is InChI=1S/C10H15Br/c1-9(5-11)6-3-7-8(4-6)10(7,9)2/h6-8H,3-5H2,1-2H3/t6?,7-,8-,9+,10?/m1/s1.